The Bertz CT molecular complexity index is 316. The second-order valence-electron chi connectivity index (χ2n) is 9.43. The van der Waals surface area contributed by atoms with Crippen LogP contribution in [-0.4, -0.2) is 25.8 Å². The SMILES string of the molecule is CCCCCCCCC(CCC(C)C)C(OCCCC)(OCCCC)OCCCC. The summed E-state index contributed by atoms with van der Waals surface area (Å²) in [6.45, 7) is 15.7. The first-order valence-corrected chi connectivity index (χ1v) is 13.5. The van der Waals surface area contributed by atoms with Crippen LogP contribution in [0.4, 0.5) is 0 Å². The quantitative estimate of drug-likeness (QED) is 0.120. The molecule has 0 aromatic carbocycles. The van der Waals surface area contributed by atoms with Crippen molar-refractivity contribution in [3.8, 4) is 0 Å². The maximum atomic E-state index is 6.51. The largest absolute Gasteiger partial charge is 0.327 e. The van der Waals surface area contributed by atoms with E-state index in [1.807, 2.05) is 0 Å². The minimum absolute atomic E-state index is 0.316. The second kappa shape index (κ2) is 20.8. The van der Waals surface area contributed by atoms with Crippen molar-refractivity contribution in [2.75, 3.05) is 19.8 Å². The molecule has 0 rings (SSSR count). The zero-order valence-electron chi connectivity index (χ0n) is 21.6. The zero-order chi connectivity index (χ0) is 22.5. The van der Waals surface area contributed by atoms with Crippen molar-refractivity contribution in [1.82, 2.24) is 0 Å². The molecule has 30 heavy (non-hydrogen) atoms. The van der Waals surface area contributed by atoms with Crippen molar-refractivity contribution >= 4 is 0 Å². The standard InChI is InChI=1S/C27H56O3/c1-7-11-15-16-17-18-19-26(21-20-25(5)6)27(28-22-12-8-2,29-23-13-9-3)30-24-14-10-4/h25-26H,7-24H2,1-6H3. The van der Waals surface area contributed by atoms with Crippen LogP contribution in [0.3, 0.4) is 0 Å². The molecule has 0 amide bonds. The summed E-state index contributed by atoms with van der Waals surface area (Å²) in [4.78, 5) is 0. The van der Waals surface area contributed by atoms with Crippen LogP contribution in [0.5, 0.6) is 0 Å². The van der Waals surface area contributed by atoms with Gasteiger partial charge in [-0.1, -0.05) is 106 Å². The third-order valence-corrected chi connectivity index (χ3v) is 5.90. The summed E-state index contributed by atoms with van der Waals surface area (Å²) >= 11 is 0. The topological polar surface area (TPSA) is 27.7 Å². The number of rotatable bonds is 23. The normalized spacial score (nSPS) is 13.3. The van der Waals surface area contributed by atoms with E-state index < -0.39 is 5.97 Å². The van der Waals surface area contributed by atoms with Crippen LogP contribution in [0, 0.1) is 11.8 Å². The molecular formula is C27H56O3. The van der Waals surface area contributed by atoms with E-state index in [1.54, 1.807) is 0 Å². The van der Waals surface area contributed by atoms with Gasteiger partial charge in [-0.25, -0.2) is 0 Å². The highest BCUT2D eigenvalue weighted by molar-refractivity contribution is 4.74. The average molecular weight is 429 g/mol. The molecule has 3 nitrogen and oxygen atoms in total. The summed E-state index contributed by atoms with van der Waals surface area (Å²) in [5.74, 6) is 0.158. The number of ether oxygens (including phenoxy) is 3. The van der Waals surface area contributed by atoms with Gasteiger partial charge in [-0.3, -0.25) is 0 Å². The van der Waals surface area contributed by atoms with E-state index >= 15 is 0 Å². The van der Waals surface area contributed by atoms with Crippen molar-refractivity contribution in [3.05, 3.63) is 0 Å². The van der Waals surface area contributed by atoms with E-state index in [0.29, 0.717) is 11.8 Å². The van der Waals surface area contributed by atoms with Crippen molar-refractivity contribution < 1.29 is 14.2 Å². The molecule has 0 radical (unpaired) electrons. The highest BCUT2D eigenvalue weighted by Gasteiger charge is 2.42. The lowest BCUT2D eigenvalue weighted by molar-refractivity contribution is -0.407. The molecule has 0 saturated carbocycles. The number of hydrogen-bond donors (Lipinski definition) is 0. The van der Waals surface area contributed by atoms with E-state index in [9.17, 15) is 0 Å². The Labute approximate surface area is 190 Å². The Hall–Kier alpha value is -0.120. The maximum Gasteiger partial charge on any atom is 0.285 e. The highest BCUT2D eigenvalue weighted by Crippen LogP contribution is 2.35. The molecule has 1 atom stereocenters. The Morgan fingerprint density at radius 3 is 1.37 bits per heavy atom. The van der Waals surface area contributed by atoms with Gasteiger partial charge >= 0.3 is 0 Å². The third-order valence-electron chi connectivity index (χ3n) is 5.90. The fourth-order valence-corrected chi connectivity index (χ4v) is 3.76. The first-order valence-electron chi connectivity index (χ1n) is 13.5. The van der Waals surface area contributed by atoms with Gasteiger partial charge in [0, 0.05) is 5.92 Å². The molecule has 0 aliphatic rings. The maximum absolute atomic E-state index is 6.51. The van der Waals surface area contributed by atoms with Crippen LogP contribution >= 0.6 is 0 Å². The van der Waals surface area contributed by atoms with Gasteiger partial charge in [0.05, 0.1) is 19.8 Å². The number of unbranched alkanes of at least 4 members (excludes halogenated alkanes) is 8. The van der Waals surface area contributed by atoms with Crippen LogP contribution in [0.1, 0.15) is 138 Å². The summed E-state index contributed by atoms with van der Waals surface area (Å²) in [5.41, 5.74) is 0. The van der Waals surface area contributed by atoms with E-state index in [4.69, 9.17) is 14.2 Å². The van der Waals surface area contributed by atoms with Gasteiger partial charge in [-0.2, -0.15) is 0 Å². The third kappa shape index (κ3) is 14.8. The Morgan fingerprint density at radius 2 is 0.933 bits per heavy atom. The second-order valence-corrected chi connectivity index (χ2v) is 9.43. The summed E-state index contributed by atoms with van der Waals surface area (Å²) in [6.07, 6.45) is 18.0. The summed E-state index contributed by atoms with van der Waals surface area (Å²) in [7, 11) is 0. The van der Waals surface area contributed by atoms with Crippen LogP contribution in [-0.2, 0) is 14.2 Å². The van der Waals surface area contributed by atoms with Gasteiger partial charge in [0.25, 0.3) is 5.97 Å². The molecular weight excluding hydrogens is 372 g/mol. The summed E-state index contributed by atoms with van der Waals surface area (Å²) < 4.78 is 19.5. The first kappa shape index (κ1) is 29.9. The van der Waals surface area contributed by atoms with Crippen molar-refractivity contribution in [3.63, 3.8) is 0 Å². The van der Waals surface area contributed by atoms with Gasteiger partial charge < -0.3 is 14.2 Å². The molecule has 0 aromatic rings. The molecule has 0 saturated heterocycles. The lowest BCUT2D eigenvalue weighted by Gasteiger charge is -2.40. The van der Waals surface area contributed by atoms with E-state index in [-0.39, 0.29) is 0 Å². The van der Waals surface area contributed by atoms with Crippen LogP contribution in [0.15, 0.2) is 0 Å². The van der Waals surface area contributed by atoms with Crippen molar-refractivity contribution in [2.24, 2.45) is 11.8 Å². The Kier molecular flexibility index (Phi) is 20.7. The molecule has 1 unspecified atom stereocenters. The Morgan fingerprint density at radius 1 is 0.500 bits per heavy atom. The predicted molar refractivity (Wildman–Crippen MR) is 131 cm³/mol. The molecule has 182 valence electrons. The molecule has 0 heterocycles. The average Bonchev–Trinajstić information content (AvgIpc) is 2.72. The predicted octanol–water partition coefficient (Wildman–Crippen LogP) is 8.89. The van der Waals surface area contributed by atoms with Crippen LogP contribution in [0.2, 0.25) is 0 Å². The molecule has 0 fully saturated rings. The van der Waals surface area contributed by atoms with Gasteiger partial charge in [0.1, 0.15) is 0 Å². The van der Waals surface area contributed by atoms with Gasteiger partial charge in [-0.15, -0.1) is 0 Å². The van der Waals surface area contributed by atoms with Crippen LogP contribution < -0.4 is 0 Å². The summed E-state index contributed by atoms with van der Waals surface area (Å²) in [6, 6.07) is 0. The smallest absolute Gasteiger partial charge is 0.285 e. The Balaban J connectivity index is 5.30. The molecule has 0 aliphatic carbocycles. The van der Waals surface area contributed by atoms with Crippen LogP contribution in [0.25, 0.3) is 0 Å². The van der Waals surface area contributed by atoms with Gasteiger partial charge in [0.15, 0.2) is 0 Å². The molecule has 0 bridgehead atoms. The van der Waals surface area contributed by atoms with Gasteiger partial charge in [0.2, 0.25) is 0 Å². The molecule has 0 aliphatic heterocycles. The highest BCUT2D eigenvalue weighted by atomic mass is 16.9. The van der Waals surface area contributed by atoms with E-state index in [0.717, 1.165) is 71.2 Å². The fraction of sp³-hybridized carbons (Fsp3) is 1.00. The first-order chi connectivity index (χ1) is 14.6. The van der Waals surface area contributed by atoms with E-state index in [2.05, 4.69) is 41.5 Å². The minimum Gasteiger partial charge on any atom is -0.327 e. The zero-order valence-corrected chi connectivity index (χ0v) is 21.6. The van der Waals surface area contributed by atoms with Gasteiger partial charge in [-0.05, 0) is 38.0 Å². The molecule has 0 N–H and O–H groups in total. The monoisotopic (exact) mass is 428 g/mol. The number of hydrogen-bond acceptors (Lipinski definition) is 3. The lowest BCUT2D eigenvalue weighted by atomic mass is 9.90. The fourth-order valence-electron chi connectivity index (χ4n) is 3.76. The molecule has 3 heteroatoms. The molecule has 0 spiro atoms. The van der Waals surface area contributed by atoms with E-state index in [1.165, 1.54) is 44.9 Å². The molecule has 0 aromatic heterocycles. The van der Waals surface area contributed by atoms with Crippen molar-refractivity contribution in [2.45, 2.75) is 144 Å². The van der Waals surface area contributed by atoms with Crippen molar-refractivity contribution in [1.29, 1.82) is 0 Å². The summed E-state index contributed by atoms with van der Waals surface area (Å²) in [5, 5.41) is 0. The minimum atomic E-state index is -0.849. The lowest BCUT2D eigenvalue weighted by Crippen LogP contribution is -2.47.